The summed E-state index contributed by atoms with van der Waals surface area (Å²) in [6, 6.07) is 16.4. The van der Waals surface area contributed by atoms with Crippen molar-refractivity contribution in [2.75, 3.05) is 37.9 Å². The van der Waals surface area contributed by atoms with Gasteiger partial charge in [-0.05, 0) is 48.9 Å². The molecule has 0 atom stereocenters. The van der Waals surface area contributed by atoms with Gasteiger partial charge in [-0.1, -0.05) is 57.2 Å². The van der Waals surface area contributed by atoms with Gasteiger partial charge in [0, 0.05) is 38.0 Å². The number of carbonyl (C=O) groups excluding carboxylic acids is 3. The number of hydrogen-bond donors (Lipinski definition) is 4. The lowest BCUT2D eigenvalue weighted by Gasteiger charge is -2.15. The molecule has 3 rings (SSSR count). The van der Waals surface area contributed by atoms with Gasteiger partial charge in [-0.3, -0.25) is 19.8 Å². The highest BCUT2D eigenvalue weighted by atomic mass is 16.5. The Morgan fingerprint density at radius 1 is 0.857 bits per heavy atom. The molecular formula is C32H40N6O4. The molecule has 0 saturated carbocycles. The van der Waals surface area contributed by atoms with Gasteiger partial charge >= 0.3 is 0 Å². The van der Waals surface area contributed by atoms with E-state index in [1.807, 2.05) is 0 Å². The average molecular weight is 573 g/mol. The Morgan fingerprint density at radius 3 is 2.26 bits per heavy atom. The molecule has 4 N–H and O–H groups in total. The maximum absolute atomic E-state index is 13.2. The summed E-state index contributed by atoms with van der Waals surface area (Å²) in [5.74, 6) is -0.197. The number of anilines is 2. The average Bonchev–Trinajstić information content (AvgIpc) is 3.00. The van der Waals surface area contributed by atoms with Crippen LogP contribution >= 0.6 is 0 Å². The van der Waals surface area contributed by atoms with E-state index < -0.39 is 11.8 Å². The monoisotopic (exact) mass is 572 g/mol. The molecule has 0 fully saturated rings. The van der Waals surface area contributed by atoms with Crippen molar-refractivity contribution >= 4 is 35.1 Å². The highest BCUT2D eigenvalue weighted by Crippen LogP contribution is 2.24. The molecule has 0 aliphatic heterocycles. The van der Waals surface area contributed by atoms with E-state index in [2.05, 4.69) is 27.9 Å². The zero-order chi connectivity index (χ0) is 30.3. The first-order valence-corrected chi connectivity index (χ1v) is 14.2. The fourth-order valence-electron chi connectivity index (χ4n) is 4.10. The zero-order valence-electron chi connectivity index (χ0n) is 24.5. The molecule has 1 heterocycles. The highest BCUT2D eigenvalue weighted by molar-refractivity contribution is 6.12. The minimum atomic E-state index is -0.503. The van der Waals surface area contributed by atoms with E-state index in [9.17, 15) is 14.4 Å². The Morgan fingerprint density at radius 2 is 1.57 bits per heavy atom. The zero-order valence-corrected chi connectivity index (χ0v) is 24.5. The number of unbranched alkanes of at least 4 members (excludes halogenated alkanes) is 5. The van der Waals surface area contributed by atoms with Gasteiger partial charge in [-0.2, -0.15) is 0 Å². The number of rotatable bonds is 15. The molecule has 3 aromatic rings. The van der Waals surface area contributed by atoms with E-state index in [0.717, 1.165) is 12.8 Å². The van der Waals surface area contributed by atoms with Crippen LogP contribution in [-0.4, -0.2) is 60.7 Å². The molecule has 42 heavy (non-hydrogen) atoms. The van der Waals surface area contributed by atoms with Gasteiger partial charge in [0.1, 0.15) is 17.4 Å². The number of hydrogen-bond acceptors (Lipinski definition) is 6. The van der Waals surface area contributed by atoms with E-state index in [-0.39, 0.29) is 23.8 Å². The lowest BCUT2D eigenvalue weighted by atomic mass is 10.1. The number of pyridine rings is 1. The third-order valence-electron chi connectivity index (χ3n) is 6.48. The Balaban J connectivity index is 1.68. The second kappa shape index (κ2) is 16.5. The van der Waals surface area contributed by atoms with Gasteiger partial charge in [-0.25, -0.2) is 4.98 Å². The number of amides is 3. The number of aromatic nitrogens is 1. The van der Waals surface area contributed by atoms with Crippen LogP contribution in [0.2, 0.25) is 0 Å². The van der Waals surface area contributed by atoms with E-state index in [4.69, 9.17) is 10.1 Å². The quantitative estimate of drug-likeness (QED) is 0.110. The molecule has 10 nitrogen and oxygen atoms in total. The van der Waals surface area contributed by atoms with Crippen LogP contribution in [-0.2, 0) is 4.79 Å². The molecule has 0 aliphatic rings. The van der Waals surface area contributed by atoms with Gasteiger partial charge in [0.15, 0.2) is 6.61 Å². The minimum Gasteiger partial charge on any atom is -0.484 e. The topological polar surface area (TPSA) is 137 Å². The molecule has 0 unspecified atom stereocenters. The molecule has 0 saturated heterocycles. The lowest BCUT2D eigenvalue weighted by molar-refractivity contribution is -0.123. The van der Waals surface area contributed by atoms with E-state index in [1.54, 1.807) is 79.8 Å². The van der Waals surface area contributed by atoms with Crippen molar-refractivity contribution in [2.45, 2.75) is 45.4 Å². The van der Waals surface area contributed by atoms with Crippen molar-refractivity contribution in [2.24, 2.45) is 0 Å². The fourth-order valence-corrected chi connectivity index (χ4v) is 4.10. The lowest BCUT2D eigenvalue weighted by Crippen LogP contribution is -2.29. The molecule has 0 bridgehead atoms. The second-order valence-electron chi connectivity index (χ2n) is 10.1. The summed E-state index contributed by atoms with van der Waals surface area (Å²) >= 11 is 0. The van der Waals surface area contributed by atoms with Crippen LogP contribution < -0.4 is 20.7 Å². The summed E-state index contributed by atoms with van der Waals surface area (Å²) in [6.07, 6.45) is 8.37. The Hall–Kier alpha value is -4.73. The van der Waals surface area contributed by atoms with Crippen LogP contribution in [0.3, 0.4) is 0 Å². The highest BCUT2D eigenvalue weighted by Gasteiger charge is 2.17. The molecule has 10 heteroatoms. The molecule has 2 aromatic carbocycles. The van der Waals surface area contributed by atoms with Crippen molar-refractivity contribution in [1.82, 2.24) is 15.2 Å². The predicted molar refractivity (Wildman–Crippen MR) is 165 cm³/mol. The van der Waals surface area contributed by atoms with Crippen LogP contribution in [0, 0.1) is 5.41 Å². The molecule has 3 amide bonds. The first kappa shape index (κ1) is 31.8. The number of amidine groups is 1. The summed E-state index contributed by atoms with van der Waals surface area (Å²) in [5.41, 5.74) is 1.44. The molecule has 1 aromatic heterocycles. The Labute approximate surface area is 247 Å². The predicted octanol–water partition coefficient (Wildman–Crippen LogP) is 5.33. The maximum Gasteiger partial charge on any atom is 0.259 e. The third-order valence-corrected chi connectivity index (χ3v) is 6.48. The second-order valence-corrected chi connectivity index (χ2v) is 10.1. The maximum atomic E-state index is 13.2. The number of benzene rings is 2. The van der Waals surface area contributed by atoms with Crippen LogP contribution in [0.1, 0.15) is 71.7 Å². The van der Waals surface area contributed by atoms with Crippen LogP contribution in [0.4, 0.5) is 11.5 Å². The normalized spacial score (nSPS) is 10.5. The number of nitrogens with zero attached hydrogens (tertiary/aromatic N) is 2. The summed E-state index contributed by atoms with van der Waals surface area (Å²) in [6.45, 7) is 2.58. The van der Waals surface area contributed by atoms with Crippen LogP contribution in [0.15, 0.2) is 66.9 Å². The van der Waals surface area contributed by atoms with Crippen molar-refractivity contribution in [3.05, 3.63) is 83.6 Å². The van der Waals surface area contributed by atoms with E-state index >= 15 is 0 Å². The van der Waals surface area contributed by atoms with Gasteiger partial charge < -0.3 is 25.6 Å². The third kappa shape index (κ3) is 10.0. The number of ether oxygens (including phenoxy) is 1. The SMILES string of the molecule is CCCCCCCCNC(=O)COc1ccc(NC(=O)c2ccc(C(=N)N(C)C)cc2)c(C(=O)Nc2ccccn2)c1. The largest absolute Gasteiger partial charge is 0.484 e. The smallest absolute Gasteiger partial charge is 0.259 e. The van der Waals surface area contributed by atoms with Gasteiger partial charge in [0.05, 0.1) is 11.3 Å². The Kier molecular flexibility index (Phi) is 12.5. The molecule has 222 valence electrons. The van der Waals surface area contributed by atoms with E-state index in [0.29, 0.717) is 35.1 Å². The summed E-state index contributed by atoms with van der Waals surface area (Å²) < 4.78 is 5.67. The molecular weight excluding hydrogens is 532 g/mol. The summed E-state index contributed by atoms with van der Waals surface area (Å²) in [5, 5.41) is 16.5. The number of nitrogens with one attached hydrogen (secondary N) is 4. The minimum absolute atomic E-state index is 0.144. The van der Waals surface area contributed by atoms with Crippen molar-refractivity contribution < 1.29 is 19.1 Å². The summed E-state index contributed by atoms with van der Waals surface area (Å²) in [4.78, 5) is 44.4. The van der Waals surface area contributed by atoms with E-state index in [1.165, 1.54) is 31.7 Å². The molecule has 0 spiro atoms. The van der Waals surface area contributed by atoms with Gasteiger partial charge in [0.25, 0.3) is 17.7 Å². The van der Waals surface area contributed by atoms with Crippen LogP contribution in [0.25, 0.3) is 0 Å². The van der Waals surface area contributed by atoms with Gasteiger partial charge in [0.2, 0.25) is 0 Å². The van der Waals surface area contributed by atoms with Gasteiger partial charge in [-0.15, -0.1) is 0 Å². The molecule has 0 radical (unpaired) electrons. The Bertz CT molecular complexity index is 1340. The first-order valence-electron chi connectivity index (χ1n) is 14.2. The number of carbonyl (C=O) groups is 3. The standard InChI is InChI=1S/C32H40N6O4/c1-4-5-6-7-8-10-20-35-29(39)22-42-25-17-18-27(26(21-25)32(41)37-28-12-9-11-19-34-28)36-31(40)24-15-13-23(14-16-24)30(33)38(2)3/h9,11-19,21,33H,4-8,10,20,22H2,1-3H3,(H,35,39)(H,36,40)(H,34,37,41). The van der Waals surface area contributed by atoms with Crippen LogP contribution in [0.5, 0.6) is 5.75 Å². The molecule has 0 aliphatic carbocycles. The van der Waals surface area contributed by atoms with Crippen molar-refractivity contribution in [3.63, 3.8) is 0 Å². The first-order chi connectivity index (χ1) is 20.3. The van der Waals surface area contributed by atoms with Crippen molar-refractivity contribution in [3.8, 4) is 5.75 Å². The fraction of sp³-hybridized carbons (Fsp3) is 0.344. The van der Waals surface area contributed by atoms with Crippen molar-refractivity contribution in [1.29, 1.82) is 5.41 Å². The summed E-state index contributed by atoms with van der Waals surface area (Å²) in [7, 11) is 3.55.